The molecule has 5 heteroatoms. The van der Waals surface area contributed by atoms with Gasteiger partial charge in [-0.1, -0.05) is 19.8 Å². The molecule has 84 valence electrons. The van der Waals surface area contributed by atoms with Gasteiger partial charge in [-0.25, -0.2) is 9.37 Å². The highest BCUT2D eigenvalue weighted by Gasteiger charge is 2.08. The standard InChI is InChI=1S/C10H15ClFN3/c1-3-4-5-7(2)14-9-8(12)6-13-10(11)15-9/h6-7H,3-5H2,1-2H3,(H,13,14,15). The minimum atomic E-state index is -0.470. The molecule has 0 aliphatic rings. The molecule has 0 saturated carbocycles. The Hall–Kier alpha value is -0.900. The SMILES string of the molecule is CCCCC(C)Nc1nc(Cl)ncc1F. The van der Waals surface area contributed by atoms with Crippen LogP contribution in [-0.2, 0) is 0 Å². The summed E-state index contributed by atoms with van der Waals surface area (Å²) in [4.78, 5) is 7.34. The van der Waals surface area contributed by atoms with Crippen LogP contribution >= 0.6 is 11.6 Å². The first-order valence-electron chi connectivity index (χ1n) is 5.08. The number of aromatic nitrogens is 2. The van der Waals surface area contributed by atoms with E-state index in [1.165, 1.54) is 0 Å². The molecule has 3 nitrogen and oxygen atoms in total. The number of hydrogen-bond acceptors (Lipinski definition) is 3. The Bertz CT molecular complexity index is 320. The maximum absolute atomic E-state index is 13.2. The highest BCUT2D eigenvalue weighted by molar-refractivity contribution is 6.28. The summed E-state index contributed by atoms with van der Waals surface area (Å²) >= 11 is 5.58. The van der Waals surface area contributed by atoms with Crippen molar-refractivity contribution < 1.29 is 4.39 Å². The molecule has 1 atom stereocenters. The summed E-state index contributed by atoms with van der Waals surface area (Å²) < 4.78 is 13.2. The molecule has 0 saturated heterocycles. The van der Waals surface area contributed by atoms with E-state index in [0.29, 0.717) is 0 Å². The van der Waals surface area contributed by atoms with E-state index in [0.717, 1.165) is 25.5 Å². The maximum atomic E-state index is 13.2. The number of hydrogen-bond donors (Lipinski definition) is 1. The Morgan fingerprint density at radius 1 is 1.60 bits per heavy atom. The number of anilines is 1. The monoisotopic (exact) mass is 231 g/mol. The fraction of sp³-hybridized carbons (Fsp3) is 0.600. The number of halogens is 2. The minimum absolute atomic E-state index is 0.0570. The molecule has 0 spiro atoms. The van der Waals surface area contributed by atoms with Crippen molar-refractivity contribution in [3.8, 4) is 0 Å². The summed E-state index contributed by atoms with van der Waals surface area (Å²) in [6.07, 6.45) is 4.29. The van der Waals surface area contributed by atoms with Gasteiger partial charge in [-0.2, -0.15) is 4.98 Å². The lowest BCUT2D eigenvalue weighted by molar-refractivity contribution is 0.600. The number of nitrogens with zero attached hydrogens (tertiary/aromatic N) is 2. The number of nitrogens with one attached hydrogen (secondary N) is 1. The van der Waals surface area contributed by atoms with Gasteiger partial charge in [0.1, 0.15) is 0 Å². The fourth-order valence-electron chi connectivity index (χ4n) is 1.26. The fourth-order valence-corrected chi connectivity index (χ4v) is 1.40. The molecule has 0 fully saturated rings. The lowest BCUT2D eigenvalue weighted by Crippen LogP contribution is -2.17. The molecule has 0 aromatic carbocycles. The van der Waals surface area contributed by atoms with Gasteiger partial charge >= 0.3 is 0 Å². The Morgan fingerprint density at radius 2 is 2.33 bits per heavy atom. The maximum Gasteiger partial charge on any atom is 0.224 e. The molecule has 1 unspecified atom stereocenters. The van der Waals surface area contributed by atoms with Crippen LogP contribution in [0.15, 0.2) is 6.20 Å². The first-order valence-corrected chi connectivity index (χ1v) is 5.46. The molecule has 1 rings (SSSR count). The zero-order valence-electron chi connectivity index (χ0n) is 8.93. The lowest BCUT2D eigenvalue weighted by Gasteiger charge is -2.14. The van der Waals surface area contributed by atoms with Crippen LogP contribution in [0.1, 0.15) is 33.1 Å². The van der Waals surface area contributed by atoms with Crippen LogP contribution in [0.5, 0.6) is 0 Å². The van der Waals surface area contributed by atoms with Gasteiger partial charge in [0, 0.05) is 6.04 Å². The quantitative estimate of drug-likeness (QED) is 0.791. The highest BCUT2D eigenvalue weighted by Crippen LogP contribution is 2.14. The van der Waals surface area contributed by atoms with Gasteiger partial charge in [-0.15, -0.1) is 0 Å². The molecule has 0 aliphatic heterocycles. The van der Waals surface area contributed by atoms with Crippen molar-refractivity contribution >= 4 is 17.4 Å². The van der Waals surface area contributed by atoms with Gasteiger partial charge in [-0.3, -0.25) is 0 Å². The number of rotatable bonds is 5. The average molecular weight is 232 g/mol. The third-order valence-electron chi connectivity index (χ3n) is 2.09. The zero-order valence-corrected chi connectivity index (χ0v) is 9.68. The van der Waals surface area contributed by atoms with E-state index in [9.17, 15) is 4.39 Å². The Morgan fingerprint density at radius 3 is 3.00 bits per heavy atom. The summed E-state index contributed by atoms with van der Waals surface area (Å²) in [7, 11) is 0. The van der Waals surface area contributed by atoms with Crippen molar-refractivity contribution in [1.29, 1.82) is 0 Å². The van der Waals surface area contributed by atoms with Gasteiger partial charge < -0.3 is 5.32 Å². The highest BCUT2D eigenvalue weighted by atomic mass is 35.5. The van der Waals surface area contributed by atoms with E-state index in [4.69, 9.17) is 11.6 Å². The first kappa shape index (κ1) is 12.2. The van der Waals surface area contributed by atoms with E-state index >= 15 is 0 Å². The second kappa shape index (κ2) is 5.85. The smallest absolute Gasteiger partial charge is 0.224 e. The van der Waals surface area contributed by atoms with Gasteiger partial charge in [0.05, 0.1) is 6.20 Å². The van der Waals surface area contributed by atoms with Crippen molar-refractivity contribution in [3.63, 3.8) is 0 Å². The van der Waals surface area contributed by atoms with Gasteiger partial charge in [0.2, 0.25) is 5.28 Å². The summed E-state index contributed by atoms with van der Waals surface area (Å²) in [6, 6.07) is 0.186. The normalized spacial score (nSPS) is 12.5. The van der Waals surface area contributed by atoms with Crippen LogP contribution < -0.4 is 5.32 Å². The summed E-state index contributed by atoms with van der Waals surface area (Å²) in [6.45, 7) is 4.11. The summed E-state index contributed by atoms with van der Waals surface area (Å²) in [5, 5.41) is 3.03. The molecular formula is C10H15ClFN3. The van der Waals surface area contributed by atoms with Crippen molar-refractivity contribution in [3.05, 3.63) is 17.3 Å². The summed E-state index contributed by atoms with van der Waals surface area (Å²) in [5.74, 6) is -0.290. The Balaban J connectivity index is 2.59. The third kappa shape index (κ3) is 4.00. The Kier molecular flexibility index (Phi) is 4.75. The van der Waals surface area contributed by atoms with Crippen molar-refractivity contribution in [2.24, 2.45) is 0 Å². The predicted octanol–water partition coefficient (Wildman–Crippen LogP) is 3.26. The second-order valence-electron chi connectivity index (χ2n) is 3.52. The molecular weight excluding hydrogens is 217 g/mol. The predicted molar refractivity (Wildman–Crippen MR) is 59.6 cm³/mol. The van der Waals surface area contributed by atoms with E-state index in [1.54, 1.807) is 0 Å². The first-order chi connectivity index (χ1) is 7.13. The lowest BCUT2D eigenvalue weighted by atomic mass is 10.1. The van der Waals surface area contributed by atoms with Crippen LogP contribution in [0.3, 0.4) is 0 Å². The zero-order chi connectivity index (χ0) is 11.3. The molecule has 0 aliphatic carbocycles. The van der Waals surface area contributed by atoms with Crippen LogP contribution in [0, 0.1) is 5.82 Å². The molecule has 15 heavy (non-hydrogen) atoms. The number of unbranched alkanes of at least 4 members (excludes halogenated alkanes) is 1. The van der Waals surface area contributed by atoms with Gasteiger partial charge in [0.15, 0.2) is 11.6 Å². The van der Waals surface area contributed by atoms with Crippen molar-refractivity contribution in [2.45, 2.75) is 39.2 Å². The topological polar surface area (TPSA) is 37.8 Å². The van der Waals surface area contributed by atoms with E-state index in [2.05, 4.69) is 22.2 Å². The summed E-state index contributed by atoms with van der Waals surface area (Å²) in [5.41, 5.74) is 0. The van der Waals surface area contributed by atoms with E-state index in [1.807, 2.05) is 6.92 Å². The van der Waals surface area contributed by atoms with E-state index in [-0.39, 0.29) is 17.1 Å². The van der Waals surface area contributed by atoms with Crippen molar-refractivity contribution in [2.75, 3.05) is 5.32 Å². The van der Waals surface area contributed by atoms with Gasteiger partial charge in [-0.05, 0) is 24.9 Å². The van der Waals surface area contributed by atoms with Crippen LogP contribution in [0.25, 0.3) is 0 Å². The molecule has 1 aromatic heterocycles. The molecule has 1 heterocycles. The second-order valence-corrected chi connectivity index (χ2v) is 3.86. The molecule has 0 radical (unpaired) electrons. The van der Waals surface area contributed by atoms with Gasteiger partial charge in [0.25, 0.3) is 0 Å². The average Bonchev–Trinajstić information content (AvgIpc) is 2.20. The molecule has 1 N–H and O–H groups in total. The third-order valence-corrected chi connectivity index (χ3v) is 2.27. The molecule has 0 amide bonds. The van der Waals surface area contributed by atoms with Crippen molar-refractivity contribution in [1.82, 2.24) is 9.97 Å². The van der Waals surface area contributed by atoms with Crippen LogP contribution in [-0.4, -0.2) is 16.0 Å². The largest absolute Gasteiger partial charge is 0.365 e. The van der Waals surface area contributed by atoms with Crippen LogP contribution in [0.2, 0.25) is 5.28 Å². The van der Waals surface area contributed by atoms with E-state index < -0.39 is 5.82 Å². The Labute approximate surface area is 94.1 Å². The van der Waals surface area contributed by atoms with Crippen LogP contribution in [0.4, 0.5) is 10.2 Å². The molecule has 1 aromatic rings. The molecule has 0 bridgehead atoms. The minimum Gasteiger partial charge on any atom is -0.365 e.